The number of carbonyl (C=O) groups is 1. The van der Waals surface area contributed by atoms with Gasteiger partial charge in [-0.25, -0.2) is 4.39 Å². The number of likely N-dealkylation sites (tertiary alicyclic amines) is 1. The second-order valence-electron chi connectivity index (χ2n) is 5.82. The highest BCUT2D eigenvalue weighted by molar-refractivity contribution is 5.92. The Hall–Kier alpha value is -1.64. The van der Waals surface area contributed by atoms with E-state index >= 15 is 0 Å². The Bertz CT molecular complexity index is 508. The molecule has 2 atom stereocenters. The molecule has 0 bridgehead atoms. The molecule has 0 N–H and O–H groups in total. The van der Waals surface area contributed by atoms with Crippen LogP contribution in [-0.2, 0) is 4.79 Å². The third-order valence-corrected chi connectivity index (χ3v) is 4.58. The van der Waals surface area contributed by atoms with Gasteiger partial charge >= 0.3 is 0 Å². The zero-order chi connectivity index (χ0) is 13.9. The smallest absolute Gasteiger partial charge is 0.246 e. The molecule has 2 nitrogen and oxygen atoms in total. The lowest BCUT2D eigenvalue weighted by atomic mass is 9.85. The fourth-order valence-corrected chi connectivity index (χ4v) is 3.52. The van der Waals surface area contributed by atoms with Crippen molar-refractivity contribution in [3.05, 3.63) is 41.7 Å². The molecule has 0 radical (unpaired) electrons. The van der Waals surface area contributed by atoms with Gasteiger partial charge in [-0.2, -0.15) is 0 Å². The van der Waals surface area contributed by atoms with Gasteiger partial charge in [-0.05, 0) is 49.0 Å². The van der Waals surface area contributed by atoms with Gasteiger partial charge in [0.05, 0.1) is 0 Å². The van der Waals surface area contributed by atoms with E-state index in [1.807, 2.05) is 4.90 Å². The van der Waals surface area contributed by atoms with Crippen LogP contribution >= 0.6 is 0 Å². The van der Waals surface area contributed by atoms with Gasteiger partial charge in [0.1, 0.15) is 5.82 Å². The van der Waals surface area contributed by atoms with Gasteiger partial charge in [0.2, 0.25) is 5.91 Å². The summed E-state index contributed by atoms with van der Waals surface area (Å²) in [6.07, 6.45) is 9.54. The summed E-state index contributed by atoms with van der Waals surface area (Å²) in [6, 6.07) is 6.65. The molecule has 1 aliphatic carbocycles. The van der Waals surface area contributed by atoms with Crippen molar-refractivity contribution in [3.63, 3.8) is 0 Å². The van der Waals surface area contributed by atoms with Crippen molar-refractivity contribution >= 4 is 12.0 Å². The average Bonchev–Trinajstić information content (AvgIpc) is 2.90. The van der Waals surface area contributed by atoms with Crippen LogP contribution in [0.5, 0.6) is 0 Å². The fraction of sp³-hybridized carbons (Fsp3) is 0.471. The first-order chi connectivity index (χ1) is 9.74. The molecule has 2 aliphatic rings. The van der Waals surface area contributed by atoms with Crippen LogP contribution in [0, 0.1) is 11.7 Å². The summed E-state index contributed by atoms with van der Waals surface area (Å²) in [5, 5.41) is 0. The van der Waals surface area contributed by atoms with Crippen LogP contribution in [0.1, 0.15) is 37.7 Å². The van der Waals surface area contributed by atoms with E-state index in [4.69, 9.17) is 0 Å². The normalized spacial score (nSPS) is 25.9. The second-order valence-corrected chi connectivity index (χ2v) is 5.82. The third kappa shape index (κ3) is 2.77. The van der Waals surface area contributed by atoms with Crippen molar-refractivity contribution in [2.75, 3.05) is 6.54 Å². The molecular formula is C17H20FNO. The van der Waals surface area contributed by atoms with Gasteiger partial charge in [-0.1, -0.05) is 25.0 Å². The Morgan fingerprint density at radius 2 is 1.90 bits per heavy atom. The van der Waals surface area contributed by atoms with E-state index in [-0.39, 0.29) is 11.7 Å². The van der Waals surface area contributed by atoms with Crippen molar-refractivity contribution in [2.45, 2.75) is 38.1 Å². The summed E-state index contributed by atoms with van der Waals surface area (Å²) in [6.45, 7) is 0.891. The molecule has 0 aromatic heterocycles. The summed E-state index contributed by atoms with van der Waals surface area (Å²) in [7, 11) is 0. The lowest BCUT2D eigenvalue weighted by Crippen LogP contribution is -2.38. The summed E-state index contributed by atoms with van der Waals surface area (Å²) in [5.41, 5.74) is 0.860. The minimum atomic E-state index is -0.252. The largest absolute Gasteiger partial charge is 0.336 e. The topological polar surface area (TPSA) is 20.3 Å². The highest BCUT2D eigenvalue weighted by atomic mass is 19.1. The number of hydrogen-bond acceptors (Lipinski definition) is 1. The zero-order valence-electron chi connectivity index (χ0n) is 11.6. The second kappa shape index (κ2) is 5.78. The molecule has 2 fully saturated rings. The molecule has 106 valence electrons. The van der Waals surface area contributed by atoms with Crippen molar-refractivity contribution < 1.29 is 9.18 Å². The van der Waals surface area contributed by atoms with Crippen LogP contribution in [0.4, 0.5) is 4.39 Å². The predicted octanol–water partition coefficient (Wildman–Crippen LogP) is 3.63. The van der Waals surface area contributed by atoms with Crippen LogP contribution in [0.15, 0.2) is 30.3 Å². The first kappa shape index (κ1) is 13.3. The van der Waals surface area contributed by atoms with Crippen molar-refractivity contribution in [3.8, 4) is 0 Å². The molecule has 1 aromatic rings. The van der Waals surface area contributed by atoms with E-state index in [1.165, 1.54) is 31.4 Å². The molecule has 0 spiro atoms. The van der Waals surface area contributed by atoms with E-state index < -0.39 is 0 Å². The van der Waals surface area contributed by atoms with Gasteiger partial charge in [0, 0.05) is 18.7 Å². The Morgan fingerprint density at radius 3 is 2.70 bits per heavy atom. The number of fused-ring (bicyclic) bond motifs is 1. The summed E-state index contributed by atoms with van der Waals surface area (Å²) >= 11 is 0. The Balaban J connectivity index is 1.65. The van der Waals surface area contributed by atoms with Gasteiger partial charge in [0.25, 0.3) is 0 Å². The maximum absolute atomic E-state index is 12.8. The van der Waals surface area contributed by atoms with Crippen LogP contribution in [0.3, 0.4) is 0 Å². The molecule has 3 heteroatoms. The number of benzene rings is 1. The predicted molar refractivity (Wildman–Crippen MR) is 77.5 cm³/mol. The Morgan fingerprint density at radius 1 is 1.15 bits per heavy atom. The number of carbonyl (C=O) groups excluding carboxylic acids is 1. The SMILES string of the molecule is O=C(C=Cc1ccc(F)cc1)N1CCC2CCCCC21. The van der Waals surface area contributed by atoms with Crippen LogP contribution in [0.25, 0.3) is 6.08 Å². The molecule has 1 saturated carbocycles. The van der Waals surface area contributed by atoms with Crippen LogP contribution in [-0.4, -0.2) is 23.4 Å². The van der Waals surface area contributed by atoms with Gasteiger partial charge in [-0.3, -0.25) is 4.79 Å². The molecule has 1 amide bonds. The van der Waals surface area contributed by atoms with Crippen molar-refractivity contribution in [1.82, 2.24) is 4.90 Å². The number of hydrogen-bond donors (Lipinski definition) is 0. The minimum absolute atomic E-state index is 0.101. The van der Waals surface area contributed by atoms with Gasteiger partial charge in [0.15, 0.2) is 0 Å². The third-order valence-electron chi connectivity index (χ3n) is 4.58. The molecule has 1 aromatic carbocycles. The number of amides is 1. The molecule has 1 aliphatic heterocycles. The first-order valence-electron chi connectivity index (χ1n) is 7.48. The van der Waals surface area contributed by atoms with Crippen LogP contribution < -0.4 is 0 Å². The lowest BCUT2D eigenvalue weighted by Gasteiger charge is -2.31. The number of nitrogens with zero attached hydrogens (tertiary/aromatic N) is 1. The average molecular weight is 273 g/mol. The van der Waals surface area contributed by atoms with E-state index in [2.05, 4.69) is 0 Å². The van der Waals surface area contributed by atoms with E-state index in [9.17, 15) is 9.18 Å². The maximum Gasteiger partial charge on any atom is 0.246 e. The first-order valence-corrected chi connectivity index (χ1v) is 7.48. The quantitative estimate of drug-likeness (QED) is 0.753. The monoisotopic (exact) mass is 273 g/mol. The molecule has 3 rings (SSSR count). The number of halogens is 1. The van der Waals surface area contributed by atoms with Crippen molar-refractivity contribution in [1.29, 1.82) is 0 Å². The highest BCUT2D eigenvalue weighted by Crippen LogP contribution is 2.36. The van der Waals surface area contributed by atoms with Crippen molar-refractivity contribution in [2.24, 2.45) is 5.92 Å². The van der Waals surface area contributed by atoms with E-state index in [1.54, 1.807) is 24.3 Å². The van der Waals surface area contributed by atoms with Crippen LogP contribution in [0.2, 0.25) is 0 Å². The van der Waals surface area contributed by atoms with Gasteiger partial charge in [-0.15, -0.1) is 0 Å². The minimum Gasteiger partial charge on any atom is -0.336 e. The highest BCUT2D eigenvalue weighted by Gasteiger charge is 2.37. The standard InChI is InChI=1S/C17H20FNO/c18-15-8-5-13(6-9-15)7-10-17(20)19-12-11-14-3-1-2-4-16(14)19/h5-10,14,16H,1-4,11-12H2. The lowest BCUT2D eigenvalue weighted by molar-refractivity contribution is -0.127. The zero-order valence-corrected chi connectivity index (χ0v) is 11.6. The fourth-order valence-electron chi connectivity index (χ4n) is 3.52. The summed E-state index contributed by atoms with van der Waals surface area (Å²) in [5.74, 6) is 0.564. The molecular weight excluding hydrogens is 253 g/mol. The van der Waals surface area contributed by atoms with E-state index in [0.29, 0.717) is 12.0 Å². The Kier molecular flexibility index (Phi) is 3.86. The number of rotatable bonds is 2. The summed E-state index contributed by atoms with van der Waals surface area (Å²) < 4.78 is 12.8. The molecule has 2 unspecified atom stereocenters. The summed E-state index contributed by atoms with van der Waals surface area (Å²) in [4.78, 5) is 14.3. The molecule has 1 saturated heterocycles. The van der Waals surface area contributed by atoms with Gasteiger partial charge < -0.3 is 4.90 Å². The van der Waals surface area contributed by atoms with E-state index in [0.717, 1.165) is 24.9 Å². The molecule has 20 heavy (non-hydrogen) atoms. The maximum atomic E-state index is 12.8. The molecule has 1 heterocycles. The Labute approximate surface area is 119 Å².